The third-order valence-electron chi connectivity index (χ3n) is 3.67. The number of rotatable bonds is 3. The molecule has 15 heavy (non-hydrogen) atoms. The van der Waals surface area contributed by atoms with Gasteiger partial charge in [-0.1, -0.05) is 25.8 Å². The molecule has 1 aliphatic rings. The van der Waals surface area contributed by atoms with Crippen molar-refractivity contribution in [2.75, 3.05) is 0 Å². The van der Waals surface area contributed by atoms with Gasteiger partial charge in [-0.25, -0.2) is 0 Å². The molecule has 0 aromatic carbocycles. The first-order valence-corrected chi connectivity index (χ1v) is 5.92. The van der Waals surface area contributed by atoms with Gasteiger partial charge < -0.3 is 5.73 Å². The van der Waals surface area contributed by atoms with E-state index in [9.17, 15) is 0 Å². The molecule has 0 aliphatic heterocycles. The Morgan fingerprint density at radius 1 is 1.53 bits per heavy atom. The van der Waals surface area contributed by atoms with Gasteiger partial charge in [0.1, 0.15) is 0 Å². The number of hydrogen-bond acceptors (Lipinski definition) is 2. The molecule has 1 aromatic rings. The molecule has 1 heterocycles. The first-order valence-electron chi connectivity index (χ1n) is 5.92. The maximum atomic E-state index is 6.27. The molecule has 2 heteroatoms. The lowest BCUT2D eigenvalue weighted by Gasteiger charge is -2.23. The zero-order chi connectivity index (χ0) is 10.7. The minimum Gasteiger partial charge on any atom is -0.327 e. The van der Waals surface area contributed by atoms with Crippen LogP contribution in [0.3, 0.4) is 0 Å². The van der Waals surface area contributed by atoms with Crippen molar-refractivity contribution in [3.05, 3.63) is 30.1 Å². The van der Waals surface area contributed by atoms with E-state index in [1.165, 1.54) is 24.8 Å². The molecule has 1 aromatic heterocycles. The summed E-state index contributed by atoms with van der Waals surface area (Å²) in [7, 11) is 0. The Bertz CT molecular complexity index is 297. The van der Waals surface area contributed by atoms with Crippen LogP contribution in [0.2, 0.25) is 0 Å². The van der Waals surface area contributed by atoms with Crippen LogP contribution in [0.5, 0.6) is 0 Å². The SMILES string of the molecule is CC1CCCC1C(N)Cc1cccnc1. The van der Waals surface area contributed by atoms with E-state index in [4.69, 9.17) is 5.73 Å². The second-order valence-electron chi connectivity index (χ2n) is 4.80. The predicted molar refractivity (Wildman–Crippen MR) is 62.4 cm³/mol. The van der Waals surface area contributed by atoms with Crippen LogP contribution in [0.15, 0.2) is 24.5 Å². The Labute approximate surface area is 91.9 Å². The Kier molecular flexibility index (Phi) is 3.37. The average Bonchev–Trinajstić information content (AvgIpc) is 2.66. The molecular formula is C13H20N2. The highest BCUT2D eigenvalue weighted by Crippen LogP contribution is 2.33. The maximum absolute atomic E-state index is 6.27. The van der Waals surface area contributed by atoms with Crippen LogP contribution in [0.1, 0.15) is 31.7 Å². The number of pyridine rings is 1. The first-order chi connectivity index (χ1) is 7.27. The highest BCUT2D eigenvalue weighted by molar-refractivity contribution is 5.10. The number of nitrogens with two attached hydrogens (primary N) is 1. The maximum Gasteiger partial charge on any atom is 0.0300 e. The van der Waals surface area contributed by atoms with Gasteiger partial charge in [0.25, 0.3) is 0 Å². The van der Waals surface area contributed by atoms with Crippen LogP contribution in [0.25, 0.3) is 0 Å². The Hall–Kier alpha value is -0.890. The van der Waals surface area contributed by atoms with Gasteiger partial charge in [0.05, 0.1) is 0 Å². The van der Waals surface area contributed by atoms with Crippen LogP contribution in [0.4, 0.5) is 0 Å². The lowest BCUT2D eigenvalue weighted by Crippen LogP contribution is -2.33. The topological polar surface area (TPSA) is 38.9 Å². The smallest absolute Gasteiger partial charge is 0.0300 e. The summed E-state index contributed by atoms with van der Waals surface area (Å²) >= 11 is 0. The summed E-state index contributed by atoms with van der Waals surface area (Å²) in [4.78, 5) is 4.13. The fourth-order valence-corrected chi connectivity index (χ4v) is 2.75. The zero-order valence-electron chi connectivity index (χ0n) is 9.39. The standard InChI is InChI=1S/C13H20N2/c1-10-4-2-6-12(10)13(14)8-11-5-3-7-15-9-11/h3,5,7,9-10,12-13H,2,4,6,8,14H2,1H3. The van der Waals surface area contributed by atoms with Crippen LogP contribution in [-0.2, 0) is 6.42 Å². The van der Waals surface area contributed by atoms with Crippen LogP contribution in [-0.4, -0.2) is 11.0 Å². The minimum absolute atomic E-state index is 0.312. The van der Waals surface area contributed by atoms with Gasteiger partial charge in [-0.2, -0.15) is 0 Å². The molecule has 0 spiro atoms. The van der Waals surface area contributed by atoms with Crippen LogP contribution in [0, 0.1) is 11.8 Å². The summed E-state index contributed by atoms with van der Waals surface area (Å²) in [6.07, 6.45) is 8.73. The second kappa shape index (κ2) is 4.75. The number of nitrogens with zero attached hydrogens (tertiary/aromatic N) is 1. The van der Waals surface area contributed by atoms with Crippen molar-refractivity contribution >= 4 is 0 Å². The normalized spacial score (nSPS) is 27.9. The van der Waals surface area contributed by atoms with E-state index in [1.54, 1.807) is 0 Å². The van der Waals surface area contributed by atoms with Gasteiger partial charge in [0.2, 0.25) is 0 Å². The number of aromatic nitrogens is 1. The monoisotopic (exact) mass is 204 g/mol. The van der Waals surface area contributed by atoms with E-state index in [0.717, 1.165) is 12.3 Å². The highest BCUT2D eigenvalue weighted by atomic mass is 14.7. The van der Waals surface area contributed by atoms with Gasteiger partial charge >= 0.3 is 0 Å². The molecule has 0 saturated heterocycles. The zero-order valence-corrected chi connectivity index (χ0v) is 9.39. The van der Waals surface area contributed by atoms with E-state index >= 15 is 0 Å². The molecule has 0 amide bonds. The summed E-state index contributed by atoms with van der Waals surface area (Å²) in [6.45, 7) is 2.33. The van der Waals surface area contributed by atoms with E-state index in [-0.39, 0.29) is 0 Å². The molecule has 3 atom stereocenters. The van der Waals surface area contributed by atoms with E-state index in [0.29, 0.717) is 12.0 Å². The third-order valence-corrected chi connectivity index (χ3v) is 3.67. The lowest BCUT2D eigenvalue weighted by molar-refractivity contribution is 0.343. The molecule has 0 radical (unpaired) electrons. The Morgan fingerprint density at radius 3 is 3.00 bits per heavy atom. The summed E-state index contributed by atoms with van der Waals surface area (Å²) in [5.41, 5.74) is 7.54. The van der Waals surface area contributed by atoms with Gasteiger partial charge in [-0.05, 0) is 36.3 Å². The molecule has 3 unspecified atom stereocenters. The molecule has 1 fully saturated rings. The first kappa shape index (κ1) is 10.6. The Morgan fingerprint density at radius 2 is 2.40 bits per heavy atom. The molecule has 2 rings (SSSR count). The lowest BCUT2D eigenvalue weighted by atomic mass is 9.87. The van der Waals surface area contributed by atoms with Gasteiger partial charge in [-0.3, -0.25) is 4.98 Å². The van der Waals surface area contributed by atoms with Gasteiger partial charge in [-0.15, -0.1) is 0 Å². The van der Waals surface area contributed by atoms with Crippen molar-refractivity contribution in [2.24, 2.45) is 17.6 Å². The largest absolute Gasteiger partial charge is 0.327 e. The van der Waals surface area contributed by atoms with Crippen LogP contribution < -0.4 is 5.73 Å². The average molecular weight is 204 g/mol. The van der Waals surface area contributed by atoms with Gasteiger partial charge in [0, 0.05) is 18.4 Å². The summed E-state index contributed by atoms with van der Waals surface area (Å²) in [6, 6.07) is 4.42. The van der Waals surface area contributed by atoms with Crippen molar-refractivity contribution in [3.8, 4) is 0 Å². The fourth-order valence-electron chi connectivity index (χ4n) is 2.75. The van der Waals surface area contributed by atoms with E-state index in [1.807, 2.05) is 18.5 Å². The summed E-state index contributed by atoms with van der Waals surface area (Å²) in [5.74, 6) is 1.52. The molecule has 1 aliphatic carbocycles. The fraction of sp³-hybridized carbons (Fsp3) is 0.615. The van der Waals surface area contributed by atoms with Crippen molar-refractivity contribution < 1.29 is 0 Å². The molecular weight excluding hydrogens is 184 g/mol. The second-order valence-corrected chi connectivity index (χ2v) is 4.80. The predicted octanol–water partition coefficient (Wildman–Crippen LogP) is 2.39. The quantitative estimate of drug-likeness (QED) is 0.821. The van der Waals surface area contributed by atoms with Crippen LogP contribution >= 0.6 is 0 Å². The molecule has 0 bridgehead atoms. The van der Waals surface area contributed by atoms with Crippen molar-refractivity contribution in [1.29, 1.82) is 0 Å². The molecule has 1 saturated carbocycles. The summed E-state index contributed by atoms with van der Waals surface area (Å²) in [5, 5.41) is 0. The van der Waals surface area contributed by atoms with E-state index < -0.39 is 0 Å². The van der Waals surface area contributed by atoms with Crippen molar-refractivity contribution in [3.63, 3.8) is 0 Å². The number of hydrogen-bond donors (Lipinski definition) is 1. The summed E-state index contributed by atoms with van der Waals surface area (Å²) < 4.78 is 0. The minimum atomic E-state index is 0.312. The van der Waals surface area contributed by atoms with Gasteiger partial charge in [0.15, 0.2) is 0 Å². The molecule has 82 valence electrons. The third kappa shape index (κ3) is 2.57. The molecule has 2 N–H and O–H groups in total. The highest BCUT2D eigenvalue weighted by Gasteiger charge is 2.28. The molecule has 2 nitrogen and oxygen atoms in total. The van der Waals surface area contributed by atoms with Crippen molar-refractivity contribution in [1.82, 2.24) is 4.98 Å². The van der Waals surface area contributed by atoms with Crippen molar-refractivity contribution in [2.45, 2.75) is 38.6 Å². The van der Waals surface area contributed by atoms with E-state index in [2.05, 4.69) is 18.0 Å². The Balaban J connectivity index is 1.94.